The molecule has 0 saturated heterocycles. The lowest BCUT2D eigenvalue weighted by atomic mass is 10.1. The summed E-state index contributed by atoms with van der Waals surface area (Å²) >= 11 is 0. The van der Waals surface area contributed by atoms with Gasteiger partial charge in [-0.15, -0.1) is 0 Å². The third-order valence-electron chi connectivity index (χ3n) is 3.74. The highest BCUT2D eigenvalue weighted by atomic mass is 19.4. The lowest BCUT2D eigenvalue weighted by molar-refractivity contribution is -0.137. The molecule has 0 radical (unpaired) electrons. The Morgan fingerprint density at radius 2 is 1.92 bits per heavy atom. The van der Waals surface area contributed by atoms with Gasteiger partial charge in [-0.1, -0.05) is 12.1 Å². The molecule has 3 aromatic rings. The zero-order valence-corrected chi connectivity index (χ0v) is 13.3. The second-order valence-electron chi connectivity index (χ2n) is 5.60. The number of amides is 1. The molecule has 134 valence electrons. The number of carbonyl (C=O) groups is 1. The van der Waals surface area contributed by atoms with E-state index < -0.39 is 17.6 Å². The van der Waals surface area contributed by atoms with Crippen LogP contribution in [0.15, 0.2) is 42.7 Å². The van der Waals surface area contributed by atoms with E-state index in [1.165, 1.54) is 18.5 Å². The monoisotopic (exact) mass is 361 g/mol. The van der Waals surface area contributed by atoms with Gasteiger partial charge in [0.25, 0.3) is 5.91 Å². The first kappa shape index (κ1) is 17.5. The molecule has 1 aromatic heterocycles. The van der Waals surface area contributed by atoms with Crippen LogP contribution in [0.1, 0.15) is 21.5 Å². The van der Waals surface area contributed by atoms with Crippen molar-refractivity contribution in [3.05, 3.63) is 59.4 Å². The number of nitrogen functional groups attached to an aromatic ring is 1. The Morgan fingerprint density at radius 3 is 2.62 bits per heavy atom. The largest absolute Gasteiger partial charge is 0.416 e. The van der Waals surface area contributed by atoms with E-state index in [-0.39, 0.29) is 12.1 Å². The third kappa shape index (κ3) is 3.51. The molecule has 26 heavy (non-hydrogen) atoms. The molecule has 2 aromatic carbocycles. The lowest BCUT2D eigenvalue weighted by Gasteiger charge is -2.12. The fourth-order valence-corrected chi connectivity index (χ4v) is 2.56. The Labute approximate surface area is 146 Å². The molecular formula is C17H14F3N5O. The Balaban J connectivity index is 1.94. The van der Waals surface area contributed by atoms with Crippen LogP contribution in [0.5, 0.6) is 0 Å². The summed E-state index contributed by atoms with van der Waals surface area (Å²) in [6.45, 7) is 0.0940. The van der Waals surface area contributed by atoms with Gasteiger partial charge in [-0.25, -0.2) is 9.97 Å². The van der Waals surface area contributed by atoms with Crippen LogP contribution in [0.2, 0.25) is 0 Å². The van der Waals surface area contributed by atoms with E-state index in [1.54, 1.807) is 12.1 Å². The van der Waals surface area contributed by atoms with Gasteiger partial charge in [0.05, 0.1) is 16.6 Å². The average Bonchev–Trinajstić information content (AvgIpc) is 2.58. The molecule has 1 heterocycles. The molecule has 0 aliphatic rings. The summed E-state index contributed by atoms with van der Waals surface area (Å²) in [6.07, 6.45) is -3.18. The number of nitrogens with zero attached hydrogens (tertiary/aromatic N) is 2. The van der Waals surface area contributed by atoms with Gasteiger partial charge in [0.15, 0.2) is 0 Å². The van der Waals surface area contributed by atoms with Crippen LogP contribution in [0.4, 0.5) is 24.7 Å². The summed E-state index contributed by atoms with van der Waals surface area (Å²) < 4.78 is 38.4. The number of aromatic nitrogens is 2. The van der Waals surface area contributed by atoms with Crippen molar-refractivity contribution in [1.82, 2.24) is 9.97 Å². The van der Waals surface area contributed by atoms with Gasteiger partial charge in [0, 0.05) is 17.6 Å². The topological polar surface area (TPSA) is 107 Å². The predicted molar refractivity (Wildman–Crippen MR) is 91.2 cm³/mol. The average molecular weight is 361 g/mol. The maximum atomic E-state index is 12.8. The van der Waals surface area contributed by atoms with E-state index in [0.29, 0.717) is 28.0 Å². The van der Waals surface area contributed by atoms with Gasteiger partial charge in [0.2, 0.25) is 0 Å². The highest BCUT2D eigenvalue weighted by Gasteiger charge is 2.30. The van der Waals surface area contributed by atoms with Gasteiger partial charge in [0.1, 0.15) is 12.1 Å². The van der Waals surface area contributed by atoms with Crippen LogP contribution >= 0.6 is 0 Å². The summed E-state index contributed by atoms with van der Waals surface area (Å²) in [7, 11) is 0. The number of nitrogens with two attached hydrogens (primary N) is 2. The maximum Gasteiger partial charge on any atom is 0.416 e. The number of carbonyl (C=O) groups excluding carboxylic acids is 1. The molecule has 0 unspecified atom stereocenters. The minimum atomic E-state index is -4.41. The summed E-state index contributed by atoms with van der Waals surface area (Å²) in [5.74, 6) is -0.355. The van der Waals surface area contributed by atoms with Crippen molar-refractivity contribution in [2.75, 3.05) is 11.1 Å². The highest BCUT2D eigenvalue weighted by Crippen LogP contribution is 2.30. The molecule has 0 spiro atoms. The standard InChI is InChI=1S/C17H14F3N5O/c18-17(19,20)10-3-1-2-9(4-10)7-23-16-13-6-11(21)5-12(15(22)26)14(13)24-8-25-16/h1-6,8H,7,21H2,(H2,22,26)(H,23,24,25). The van der Waals surface area contributed by atoms with Crippen molar-refractivity contribution >= 4 is 28.3 Å². The van der Waals surface area contributed by atoms with Crippen molar-refractivity contribution in [1.29, 1.82) is 0 Å². The van der Waals surface area contributed by atoms with Crippen LogP contribution in [0.3, 0.4) is 0 Å². The van der Waals surface area contributed by atoms with Gasteiger partial charge < -0.3 is 16.8 Å². The minimum absolute atomic E-state index is 0.0940. The molecule has 0 atom stereocenters. The number of nitrogens with one attached hydrogen (secondary N) is 1. The van der Waals surface area contributed by atoms with E-state index in [0.717, 1.165) is 12.1 Å². The first-order valence-corrected chi connectivity index (χ1v) is 7.50. The number of rotatable bonds is 4. The predicted octanol–water partition coefficient (Wildman–Crippen LogP) is 2.94. The smallest absolute Gasteiger partial charge is 0.399 e. The molecule has 1 amide bonds. The van der Waals surface area contributed by atoms with E-state index in [9.17, 15) is 18.0 Å². The van der Waals surface area contributed by atoms with Crippen LogP contribution in [0.25, 0.3) is 10.9 Å². The van der Waals surface area contributed by atoms with Crippen molar-refractivity contribution in [2.24, 2.45) is 5.73 Å². The molecular weight excluding hydrogens is 347 g/mol. The Bertz CT molecular complexity index is 988. The summed E-state index contributed by atoms with van der Waals surface area (Å²) in [5, 5.41) is 3.40. The number of fused-ring (bicyclic) bond motifs is 1. The van der Waals surface area contributed by atoms with Gasteiger partial charge >= 0.3 is 6.18 Å². The summed E-state index contributed by atoms with van der Waals surface area (Å²) in [4.78, 5) is 19.7. The van der Waals surface area contributed by atoms with E-state index >= 15 is 0 Å². The third-order valence-corrected chi connectivity index (χ3v) is 3.74. The molecule has 0 bridgehead atoms. The van der Waals surface area contributed by atoms with E-state index in [4.69, 9.17) is 11.5 Å². The number of halogens is 3. The van der Waals surface area contributed by atoms with E-state index in [2.05, 4.69) is 15.3 Å². The number of benzene rings is 2. The fourth-order valence-electron chi connectivity index (χ4n) is 2.56. The number of anilines is 2. The number of alkyl halides is 3. The highest BCUT2D eigenvalue weighted by molar-refractivity contribution is 6.08. The van der Waals surface area contributed by atoms with Crippen molar-refractivity contribution in [3.8, 4) is 0 Å². The molecule has 0 fully saturated rings. The van der Waals surface area contributed by atoms with Crippen molar-refractivity contribution in [3.63, 3.8) is 0 Å². The normalized spacial score (nSPS) is 11.5. The van der Waals surface area contributed by atoms with Crippen LogP contribution < -0.4 is 16.8 Å². The van der Waals surface area contributed by atoms with Gasteiger partial charge in [-0.3, -0.25) is 4.79 Å². The van der Waals surface area contributed by atoms with Crippen molar-refractivity contribution in [2.45, 2.75) is 12.7 Å². The number of primary amides is 1. The summed E-state index contributed by atoms with van der Waals surface area (Å²) in [5.41, 5.74) is 11.6. The minimum Gasteiger partial charge on any atom is -0.399 e. The first-order valence-electron chi connectivity index (χ1n) is 7.50. The zero-order valence-electron chi connectivity index (χ0n) is 13.3. The maximum absolute atomic E-state index is 12.8. The lowest BCUT2D eigenvalue weighted by Crippen LogP contribution is -2.13. The number of hydrogen-bond acceptors (Lipinski definition) is 5. The second-order valence-corrected chi connectivity index (χ2v) is 5.60. The molecule has 5 N–H and O–H groups in total. The molecule has 3 rings (SSSR count). The molecule has 0 aliphatic heterocycles. The Kier molecular flexibility index (Phi) is 4.37. The number of hydrogen-bond donors (Lipinski definition) is 3. The first-order chi connectivity index (χ1) is 12.3. The quantitative estimate of drug-likeness (QED) is 0.620. The van der Waals surface area contributed by atoms with E-state index in [1.807, 2.05) is 0 Å². The SMILES string of the molecule is NC(=O)c1cc(N)cc2c(NCc3cccc(C(F)(F)F)c3)ncnc12. The fraction of sp³-hybridized carbons (Fsp3) is 0.118. The Hall–Kier alpha value is -3.36. The molecule has 9 heteroatoms. The molecule has 0 saturated carbocycles. The molecule has 0 aliphatic carbocycles. The second kappa shape index (κ2) is 6.51. The van der Waals surface area contributed by atoms with Gasteiger partial charge in [-0.05, 0) is 29.8 Å². The van der Waals surface area contributed by atoms with Crippen molar-refractivity contribution < 1.29 is 18.0 Å². The van der Waals surface area contributed by atoms with Crippen LogP contribution in [0, 0.1) is 0 Å². The zero-order chi connectivity index (χ0) is 18.9. The van der Waals surface area contributed by atoms with Crippen LogP contribution in [-0.4, -0.2) is 15.9 Å². The van der Waals surface area contributed by atoms with Gasteiger partial charge in [-0.2, -0.15) is 13.2 Å². The summed E-state index contributed by atoms with van der Waals surface area (Å²) in [6, 6.07) is 7.93. The molecule has 6 nitrogen and oxygen atoms in total. The Morgan fingerprint density at radius 1 is 1.15 bits per heavy atom. The van der Waals surface area contributed by atoms with Crippen LogP contribution in [-0.2, 0) is 12.7 Å².